The minimum atomic E-state index is -0.118. The summed E-state index contributed by atoms with van der Waals surface area (Å²) < 4.78 is 5.09. The predicted octanol–water partition coefficient (Wildman–Crippen LogP) is 4.16. The van der Waals surface area contributed by atoms with E-state index in [1.54, 1.807) is 19.2 Å². The first-order valence-corrected chi connectivity index (χ1v) is 7.42. The summed E-state index contributed by atoms with van der Waals surface area (Å²) in [6.45, 7) is 0. The van der Waals surface area contributed by atoms with Crippen LogP contribution in [0.4, 0.5) is 11.4 Å². The van der Waals surface area contributed by atoms with E-state index in [2.05, 4.69) is 5.32 Å². The molecule has 0 aliphatic rings. The summed E-state index contributed by atoms with van der Waals surface area (Å²) >= 11 is 11.9. The second kappa shape index (κ2) is 7.38. The molecule has 2 aromatic carbocycles. The fourth-order valence-electron chi connectivity index (χ4n) is 1.93. The normalized spacial score (nSPS) is 10.3. The van der Waals surface area contributed by atoms with Crippen LogP contribution in [0.2, 0.25) is 10.0 Å². The Morgan fingerprint density at radius 1 is 1.18 bits per heavy atom. The third kappa shape index (κ3) is 4.29. The first kappa shape index (κ1) is 16.5. The first-order chi connectivity index (χ1) is 10.5. The lowest BCUT2D eigenvalue weighted by Crippen LogP contribution is -2.12. The Hall–Kier alpha value is -1.91. The molecule has 116 valence electrons. The Morgan fingerprint density at radius 3 is 2.32 bits per heavy atom. The maximum atomic E-state index is 12.0. The molecule has 2 aromatic rings. The highest BCUT2D eigenvalue weighted by Gasteiger charge is 2.08. The van der Waals surface area contributed by atoms with Crippen molar-refractivity contribution >= 4 is 40.5 Å². The molecule has 0 aliphatic carbocycles. The monoisotopic (exact) mass is 338 g/mol. The third-order valence-corrected chi connectivity index (χ3v) is 3.79. The molecule has 4 nitrogen and oxygen atoms in total. The van der Waals surface area contributed by atoms with Crippen molar-refractivity contribution < 1.29 is 9.53 Å². The standard InChI is InChI=1S/C16H16Cl2N2O2/c1-22-12-5-2-10(3-6-12)4-7-15(21)20-11-8-13(17)16(19)14(18)9-11/h2-3,5-6,8-9H,4,7,19H2,1H3,(H,20,21). The number of amides is 1. The van der Waals surface area contributed by atoms with Crippen LogP contribution in [0.1, 0.15) is 12.0 Å². The third-order valence-electron chi connectivity index (χ3n) is 3.16. The van der Waals surface area contributed by atoms with Crippen LogP contribution in [0.3, 0.4) is 0 Å². The largest absolute Gasteiger partial charge is 0.497 e. The summed E-state index contributed by atoms with van der Waals surface area (Å²) in [5.74, 6) is 0.673. The summed E-state index contributed by atoms with van der Waals surface area (Å²) in [6, 6.07) is 10.8. The number of nitrogens with two attached hydrogens (primary N) is 1. The van der Waals surface area contributed by atoms with E-state index in [1.807, 2.05) is 24.3 Å². The number of anilines is 2. The van der Waals surface area contributed by atoms with Gasteiger partial charge in [0, 0.05) is 12.1 Å². The molecule has 0 fully saturated rings. The molecule has 0 saturated carbocycles. The van der Waals surface area contributed by atoms with E-state index >= 15 is 0 Å². The minimum Gasteiger partial charge on any atom is -0.497 e. The van der Waals surface area contributed by atoms with E-state index in [4.69, 9.17) is 33.7 Å². The van der Waals surface area contributed by atoms with E-state index in [0.29, 0.717) is 34.3 Å². The van der Waals surface area contributed by atoms with Crippen LogP contribution in [0.5, 0.6) is 5.75 Å². The summed E-state index contributed by atoms with van der Waals surface area (Å²) in [6.07, 6.45) is 0.984. The first-order valence-electron chi connectivity index (χ1n) is 6.67. The van der Waals surface area contributed by atoms with Gasteiger partial charge in [0.15, 0.2) is 0 Å². The molecule has 0 saturated heterocycles. The lowest BCUT2D eigenvalue weighted by molar-refractivity contribution is -0.116. The zero-order valence-corrected chi connectivity index (χ0v) is 13.5. The van der Waals surface area contributed by atoms with Crippen molar-refractivity contribution in [2.45, 2.75) is 12.8 Å². The minimum absolute atomic E-state index is 0.118. The zero-order chi connectivity index (χ0) is 16.1. The lowest BCUT2D eigenvalue weighted by atomic mass is 10.1. The predicted molar refractivity (Wildman–Crippen MR) is 90.8 cm³/mol. The highest BCUT2D eigenvalue weighted by Crippen LogP contribution is 2.31. The zero-order valence-electron chi connectivity index (χ0n) is 12.0. The number of halogens is 2. The number of hydrogen-bond donors (Lipinski definition) is 2. The van der Waals surface area contributed by atoms with Crippen LogP contribution in [0.15, 0.2) is 36.4 Å². The number of aryl methyl sites for hydroxylation is 1. The van der Waals surface area contributed by atoms with Crippen LogP contribution in [-0.4, -0.2) is 13.0 Å². The Labute approximate surface area is 139 Å². The number of benzene rings is 2. The molecule has 0 aliphatic heterocycles. The molecule has 3 N–H and O–H groups in total. The maximum Gasteiger partial charge on any atom is 0.224 e. The van der Waals surface area contributed by atoms with Gasteiger partial charge in [-0.1, -0.05) is 35.3 Å². The van der Waals surface area contributed by atoms with Gasteiger partial charge in [0.25, 0.3) is 0 Å². The molecule has 0 heterocycles. The molecule has 0 unspecified atom stereocenters. The van der Waals surface area contributed by atoms with Gasteiger partial charge in [-0.3, -0.25) is 4.79 Å². The van der Waals surface area contributed by atoms with Gasteiger partial charge >= 0.3 is 0 Å². The van der Waals surface area contributed by atoms with Crippen LogP contribution < -0.4 is 15.8 Å². The number of carbonyl (C=O) groups excluding carboxylic acids is 1. The SMILES string of the molecule is COc1ccc(CCC(=O)Nc2cc(Cl)c(N)c(Cl)c2)cc1. The molecule has 6 heteroatoms. The molecule has 1 amide bonds. The van der Waals surface area contributed by atoms with Gasteiger partial charge in [0.05, 0.1) is 22.8 Å². The Balaban J connectivity index is 1.92. The summed E-state index contributed by atoms with van der Waals surface area (Å²) in [5.41, 5.74) is 7.55. The van der Waals surface area contributed by atoms with E-state index in [0.717, 1.165) is 11.3 Å². The molecular formula is C16H16Cl2N2O2. The second-order valence-electron chi connectivity index (χ2n) is 4.75. The van der Waals surface area contributed by atoms with Gasteiger partial charge in [0.2, 0.25) is 5.91 Å². The van der Waals surface area contributed by atoms with Crippen molar-refractivity contribution in [1.82, 2.24) is 0 Å². The van der Waals surface area contributed by atoms with E-state index in [9.17, 15) is 4.79 Å². The highest BCUT2D eigenvalue weighted by molar-refractivity contribution is 6.39. The lowest BCUT2D eigenvalue weighted by Gasteiger charge is -2.09. The van der Waals surface area contributed by atoms with Crippen molar-refractivity contribution in [2.75, 3.05) is 18.2 Å². The fourth-order valence-corrected chi connectivity index (χ4v) is 2.42. The van der Waals surface area contributed by atoms with Gasteiger partial charge in [-0.15, -0.1) is 0 Å². The maximum absolute atomic E-state index is 12.0. The number of nitrogen functional groups attached to an aromatic ring is 1. The average Bonchev–Trinajstić information content (AvgIpc) is 2.51. The molecule has 0 spiro atoms. The average molecular weight is 339 g/mol. The van der Waals surface area contributed by atoms with Gasteiger partial charge < -0.3 is 15.8 Å². The number of ether oxygens (including phenoxy) is 1. The molecule has 0 radical (unpaired) electrons. The molecule has 2 rings (SSSR count). The molecular weight excluding hydrogens is 323 g/mol. The van der Waals surface area contributed by atoms with Crippen molar-refractivity contribution in [3.63, 3.8) is 0 Å². The number of carbonyl (C=O) groups is 1. The van der Waals surface area contributed by atoms with E-state index in [-0.39, 0.29) is 5.91 Å². The van der Waals surface area contributed by atoms with Gasteiger partial charge in [-0.05, 0) is 36.2 Å². The smallest absolute Gasteiger partial charge is 0.224 e. The number of hydrogen-bond acceptors (Lipinski definition) is 3. The molecule has 0 bridgehead atoms. The Bertz CT molecular complexity index is 649. The fraction of sp³-hybridized carbons (Fsp3) is 0.188. The van der Waals surface area contributed by atoms with Crippen LogP contribution in [0.25, 0.3) is 0 Å². The molecule has 0 atom stereocenters. The van der Waals surface area contributed by atoms with Crippen LogP contribution in [-0.2, 0) is 11.2 Å². The van der Waals surface area contributed by atoms with Crippen molar-refractivity contribution in [2.24, 2.45) is 0 Å². The summed E-state index contributed by atoms with van der Waals surface area (Å²) in [4.78, 5) is 12.0. The van der Waals surface area contributed by atoms with Crippen molar-refractivity contribution in [1.29, 1.82) is 0 Å². The van der Waals surface area contributed by atoms with Crippen LogP contribution in [0, 0.1) is 0 Å². The highest BCUT2D eigenvalue weighted by atomic mass is 35.5. The summed E-state index contributed by atoms with van der Waals surface area (Å²) in [5, 5.41) is 3.39. The molecule has 0 aromatic heterocycles. The van der Waals surface area contributed by atoms with E-state index in [1.165, 1.54) is 0 Å². The quantitative estimate of drug-likeness (QED) is 0.804. The number of nitrogens with one attached hydrogen (secondary N) is 1. The van der Waals surface area contributed by atoms with Crippen molar-refractivity contribution in [3.05, 3.63) is 52.0 Å². The van der Waals surface area contributed by atoms with Gasteiger partial charge in [-0.25, -0.2) is 0 Å². The number of methoxy groups -OCH3 is 1. The van der Waals surface area contributed by atoms with Crippen LogP contribution >= 0.6 is 23.2 Å². The Morgan fingerprint density at radius 2 is 1.77 bits per heavy atom. The number of rotatable bonds is 5. The van der Waals surface area contributed by atoms with Gasteiger partial charge in [-0.2, -0.15) is 0 Å². The summed E-state index contributed by atoms with van der Waals surface area (Å²) in [7, 11) is 1.62. The van der Waals surface area contributed by atoms with Crippen molar-refractivity contribution in [3.8, 4) is 5.75 Å². The Kier molecular flexibility index (Phi) is 5.52. The second-order valence-corrected chi connectivity index (χ2v) is 5.56. The van der Waals surface area contributed by atoms with Gasteiger partial charge in [0.1, 0.15) is 5.75 Å². The molecule has 22 heavy (non-hydrogen) atoms. The van der Waals surface area contributed by atoms with E-state index < -0.39 is 0 Å². The topological polar surface area (TPSA) is 64.3 Å².